The third-order valence-corrected chi connectivity index (χ3v) is 4.60. The molecule has 0 bridgehead atoms. The molecule has 1 saturated heterocycles. The Morgan fingerprint density at radius 1 is 1.26 bits per heavy atom. The Morgan fingerprint density at radius 2 is 2.00 bits per heavy atom. The van der Waals surface area contributed by atoms with Crippen LogP contribution in [0.15, 0.2) is 6.20 Å². The van der Waals surface area contributed by atoms with Gasteiger partial charge in [0.1, 0.15) is 5.82 Å². The zero-order valence-electron chi connectivity index (χ0n) is 13.5. The van der Waals surface area contributed by atoms with E-state index in [9.17, 15) is 9.18 Å². The van der Waals surface area contributed by atoms with Gasteiger partial charge in [0.25, 0.3) is 0 Å². The zero-order valence-corrected chi connectivity index (χ0v) is 13.5. The van der Waals surface area contributed by atoms with Crippen molar-refractivity contribution in [3.8, 4) is 0 Å². The number of aromatic nitrogens is 2. The SMILES string of the molecule is Cc1ncc(F)c(NC2CCCC(NC(=O)N3CCCC3)C2)n1. The number of halogens is 1. The van der Waals surface area contributed by atoms with Crippen LogP contribution in [0.3, 0.4) is 0 Å². The minimum absolute atomic E-state index is 0.0391. The van der Waals surface area contributed by atoms with Gasteiger partial charge in [-0.15, -0.1) is 0 Å². The van der Waals surface area contributed by atoms with Gasteiger partial charge in [-0.3, -0.25) is 0 Å². The molecule has 2 fully saturated rings. The molecule has 2 unspecified atom stereocenters. The lowest BCUT2D eigenvalue weighted by atomic mass is 9.91. The van der Waals surface area contributed by atoms with E-state index in [1.807, 2.05) is 4.90 Å². The molecular weight excluding hydrogens is 297 g/mol. The Hall–Kier alpha value is -1.92. The fourth-order valence-corrected chi connectivity index (χ4v) is 3.39. The molecule has 1 aliphatic carbocycles. The molecule has 7 heteroatoms. The van der Waals surface area contributed by atoms with E-state index in [1.165, 1.54) is 6.20 Å². The van der Waals surface area contributed by atoms with Crippen molar-refractivity contribution in [3.63, 3.8) is 0 Å². The molecule has 0 aromatic carbocycles. The summed E-state index contributed by atoms with van der Waals surface area (Å²) in [4.78, 5) is 22.0. The molecule has 1 aliphatic heterocycles. The molecule has 2 heterocycles. The van der Waals surface area contributed by atoms with Gasteiger partial charge in [-0.1, -0.05) is 0 Å². The number of carbonyl (C=O) groups excluding carboxylic acids is 1. The quantitative estimate of drug-likeness (QED) is 0.897. The maximum Gasteiger partial charge on any atom is 0.317 e. The second-order valence-corrected chi connectivity index (χ2v) is 6.46. The van der Waals surface area contributed by atoms with E-state index < -0.39 is 5.82 Å². The van der Waals surface area contributed by atoms with E-state index >= 15 is 0 Å². The zero-order chi connectivity index (χ0) is 16.2. The number of aryl methyl sites for hydroxylation is 1. The molecule has 0 radical (unpaired) electrons. The molecule has 2 amide bonds. The van der Waals surface area contributed by atoms with Crippen molar-refractivity contribution in [1.29, 1.82) is 0 Å². The van der Waals surface area contributed by atoms with Gasteiger partial charge in [0.05, 0.1) is 6.20 Å². The molecule has 2 atom stereocenters. The summed E-state index contributed by atoms with van der Waals surface area (Å²) >= 11 is 0. The predicted molar refractivity (Wildman–Crippen MR) is 85.7 cm³/mol. The highest BCUT2D eigenvalue weighted by atomic mass is 19.1. The minimum atomic E-state index is -0.432. The molecular formula is C16H24FN5O. The molecule has 1 saturated carbocycles. The summed E-state index contributed by atoms with van der Waals surface area (Å²) < 4.78 is 13.8. The van der Waals surface area contributed by atoms with Crippen molar-refractivity contribution in [2.75, 3.05) is 18.4 Å². The second kappa shape index (κ2) is 7.10. The monoisotopic (exact) mass is 321 g/mol. The van der Waals surface area contributed by atoms with Crippen molar-refractivity contribution >= 4 is 11.8 Å². The summed E-state index contributed by atoms with van der Waals surface area (Å²) in [7, 11) is 0. The molecule has 1 aromatic rings. The Bertz CT molecular complexity index is 561. The number of carbonyl (C=O) groups is 1. The highest BCUT2D eigenvalue weighted by molar-refractivity contribution is 5.74. The van der Waals surface area contributed by atoms with E-state index in [-0.39, 0.29) is 23.9 Å². The fourth-order valence-electron chi connectivity index (χ4n) is 3.39. The first kappa shape index (κ1) is 16.0. The van der Waals surface area contributed by atoms with Gasteiger partial charge >= 0.3 is 6.03 Å². The number of nitrogens with one attached hydrogen (secondary N) is 2. The Labute approximate surface area is 135 Å². The number of amides is 2. The smallest absolute Gasteiger partial charge is 0.317 e. The van der Waals surface area contributed by atoms with Gasteiger partial charge in [0.2, 0.25) is 0 Å². The first-order valence-corrected chi connectivity index (χ1v) is 8.43. The van der Waals surface area contributed by atoms with Gasteiger partial charge in [-0.2, -0.15) is 0 Å². The van der Waals surface area contributed by atoms with Crippen LogP contribution in [0.4, 0.5) is 15.0 Å². The normalized spacial score (nSPS) is 24.5. The number of hydrogen-bond acceptors (Lipinski definition) is 4. The lowest BCUT2D eigenvalue weighted by Gasteiger charge is -2.31. The number of urea groups is 1. The van der Waals surface area contributed by atoms with E-state index in [0.717, 1.165) is 51.6 Å². The lowest BCUT2D eigenvalue weighted by Crippen LogP contribution is -2.47. The summed E-state index contributed by atoms with van der Waals surface area (Å²) in [5.41, 5.74) is 0. The van der Waals surface area contributed by atoms with Crippen molar-refractivity contribution in [2.45, 2.75) is 57.5 Å². The highest BCUT2D eigenvalue weighted by Gasteiger charge is 2.26. The minimum Gasteiger partial charge on any atom is -0.365 e. The van der Waals surface area contributed by atoms with Crippen LogP contribution in [0, 0.1) is 12.7 Å². The third-order valence-electron chi connectivity index (χ3n) is 4.60. The van der Waals surface area contributed by atoms with Crippen LogP contribution < -0.4 is 10.6 Å². The van der Waals surface area contributed by atoms with Gasteiger partial charge < -0.3 is 15.5 Å². The largest absolute Gasteiger partial charge is 0.365 e. The van der Waals surface area contributed by atoms with Crippen LogP contribution in [0.25, 0.3) is 0 Å². The van der Waals surface area contributed by atoms with Gasteiger partial charge in [0, 0.05) is 25.2 Å². The molecule has 0 spiro atoms. The topological polar surface area (TPSA) is 70.2 Å². The van der Waals surface area contributed by atoms with Crippen molar-refractivity contribution in [3.05, 3.63) is 17.8 Å². The summed E-state index contributed by atoms with van der Waals surface area (Å²) in [5, 5.41) is 6.29. The number of rotatable bonds is 3. The number of nitrogens with zero attached hydrogens (tertiary/aromatic N) is 3. The lowest BCUT2D eigenvalue weighted by molar-refractivity contribution is 0.199. The van der Waals surface area contributed by atoms with Crippen LogP contribution in [-0.2, 0) is 0 Å². The van der Waals surface area contributed by atoms with Crippen LogP contribution >= 0.6 is 0 Å². The van der Waals surface area contributed by atoms with Crippen molar-refractivity contribution in [1.82, 2.24) is 20.2 Å². The molecule has 6 nitrogen and oxygen atoms in total. The molecule has 3 rings (SSSR count). The maximum atomic E-state index is 13.8. The summed E-state index contributed by atoms with van der Waals surface area (Å²) in [6.07, 6.45) is 7.11. The second-order valence-electron chi connectivity index (χ2n) is 6.46. The third kappa shape index (κ3) is 4.09. The van der Waals surface area contributed by atoms with Crippen LogP contribution in [-0.4, -0.2) is 46.1 Å². The average molecular weight is 321 g/mol. The first-order chi connectivity index (χ1) is 11.1. The van der Waals surface area contributed by atoms with Crippen LogP contribution in [0.2, 0.25) is 0 Å². The number of anilines is 1. The van der Waals surface area contributed by atoms with E-state index in [0.29, 0.717) is 5.82 Å². The fraction of sp³-hybridized carbons (Fsp3) is 0.688. The highest BCUT2D eigenvalue weighted by Crippen LogP contribution is 2.23. The summed E-state index contributed by atoms with van der Waals surface area (Å²) in [6, 6.07) is 0.300. The van der Waals surface area contributed by atoms with E-state index in [2.05, 4.69) is 20.6 Å². The van der Waals surface area contributed by atoms with Crippen LogP contribution in [0.5, 0.6) is 0 Å². The first-order valence-electron chi connectivity index (χ1n) is 8.43. The Kier molecular flexibility index (Phi) is 4.93. The number of hydrogen-bond donors (Lipinski definition) is 2. The summed E-state index contributed by atoms with van der Waals surface area (Å²) in [6.45, 7) is 3.45. The maximum absolute atomic E-state index is 13.8. The predicted octanol–water partition coefficient (Wildman–Crippen LogP) is 2.45. The molecule has 23 heavy (non-hydrogen) atoms. The summed E-state index contributed by atoms with van der Waals surface area (Å²) in [5.74, 6) is 0.372. The van der Waals surface area contributed by atoms with Crippen molar-refractivity contribution in [2.24, 2.45) is 0 Å². The molecule has 2 N–H and O–H groups in total. The van der Waals surface area contributed by atoms with Gasteiger partial charge in [-0.05, 0) is 45.4 Å². The average Bonchev–Trinajstić information content (AvgIpc) is 3.06. The molecule has 2 aliphatic rings. The Morgan fingerprint density at radius 3 is 2.78 bits per heavy atom. The standard InChI is InChI=1S/C16H24FN5O/c1-11-18-10-14(17)15(19-11)20-12-5-4-6-13(9-12)21-16(23)22-7-2-3-8-22/h10,12-13H,2-9H2,1H3,(H,21,23)(H,18,19,20). The van der Waals surface area contributed by atoms with E-state index in [4.69, 9.17) is 0 Å². The Balaban J connectivity index is 1.55. The van der Waals surface area contributed by atoms with Gasteiger partial charge in [0.15, 0.2) is 11.6 Å². The molecule has 1 aromatic heterocycles. The molecule has 126 valence electrons. The van der Waals surface area contributed by atoms with Gasteiger partial charge in [-0.25, -0.2) is 19.2 Å². The van der Waals surface area contributed by atoms with Crippen molar-refractivity contribution < 1.29 is 9.18 Å². The number of likely N-dealkylation sites (tertiary alicyclic amines) is 1. The van der Waals surface area contributed by atoms with Crippen LogP contribution in [0.1, 0.15) is 44.3 Å². The van der Waals surface area contributed by atoms with E-state index in [1.54, 1.807) is 6.92 Å².